The van der Waals surface area contributed by atoms with E-state index in [0.29, 0.717) is 35.1 Å². The number of benzene rings is 2. The molecule has 1 unspecified atom stereocenters. The molecule has 4 N–H and O–H groups in total. The maximum atomic E-state index is 15.5. The molecular weight excluding hydrogens is 534 g/mol. The van der Waals surface area contributed by atoms with E-state index >= 15 is 4.39 Å². The predicted octanol–water partition coefficient (Wildman–Crippen LogP) is 5.32. The standard InChI is InChI=1S/C29H26F2N6O4/c1-14-5-4-8-33-28(35-23-12-19(36-37-23)16-6-7-20-21(10-16)40-13-39-20)24(29(38)32-3)27(14)41-22-11-18(30)26-17(25(22)31)9-15(2)34-26/h4,6-12,14,34H,5,13H2,1-3H3,(H,32,38)(H2,33,35,36,37)/b8-4+,27-24?. The highest BCUT2D eigenvalue weighted by Crippen LogP contribution is 2.36. The van der Waals surface area contributed by atoms with Crippen molar-refractivity contribution in [3.63, 3.8) is 0 Å². The van der Waals surface area contributed by atoms with Gasteiger partial charge >= 0.3 is 0 Å². The lowest BCUT2D eigenvalue weighted by Gasteiger charge is -2.22. The van der Waals surface area contributed by atoms with E-state index in [1.54, 1.807) is 31.3 Å². The van der Waals surface area contributed by atoms with Crippen LogP contribution in [0, 0.1) is 24.5 Å². The summed E-state index contributed by atoms with van der Waals surface area (Å²) in [5.74, 6) is -0.798. The number of amides is 1. The van der Waals surface area contributed by atoms with Crippen molar-refractivity contribution >= 4 is 28.5 Å². The second-order valence-electron chi connectivity index (χ2n) is 9.69. The first-order chi connectivity index (χ1) is 19.8. The number of hydrogen-bond donors (Lipinski definition) is 4. The molecule has 2 aliphatic rings. The van der Waals surface area contributed by atoms with Crippen molar-refractivity contribution in [2.75, 3.05) is 19.2 Å². The number of anilines is 1. The molecule has 1 amide bonds. The van der Waals surface area contributed by atoms with E-state index in [1.807, 2.05) is 19.1 Å². The zero-order chi connectivity index (χ0) is 28.7. The number of allylic oxidation sites excluding steroid dienone is 2. The molecule has 41 heavy (non-hydrogen) atoms. The maximum Gasteiger partial charge on any atom is 0.258 e. The van der Waals surface area contributed by atoms with E-state index in [-0.39, 0.29) is 46.5 Å². The van der Waals surface area contributed by atoms with Crippen LogP contribution in [0.15, 0.2) is 65.0 Å². The fraction of sp³-hybridized carbons (Fsp3) is 0.207. The Bertz CT molecular complexity index is 1770. The van der Waals surface area contributed by atoms with Crippen LogP contribution in [-0.4, -0.2) is 40.8 Å². The molecule has 12 heteroatoms. The van der Waals surface area contributed by atoms with E-state index in [0.717, 1.165) is 11.6 Å². The molecule has 0 radical (unpaired) electrons. The van der Waals surface area contributed by atoms with Crippen LogP contribution >= 0.6 is 0 Å². The smallest absolute Gasteiger partial charge is 0.258 e. The van der Waals surface area contributed by atoms with Crippen LogP contribution in [0.3, 0.4) is 0 Å². The molecule has 4 aromatic rings. The Hall–Kier alpha value is -5.13. The third kappa shape index (κ3) is 4.88. The molecular formula is C29H26F2N6O4. The Kier molecular flexibility index (Phi) is 6.66. The van der Waals surface area contributed by atoms with E-state index in [1.165, 1.54) is 13.1 Å². The van der Waals surface area contributed by atoms with Crippen molar-refractivity contribution in [1.82, 2.24) is 20.5 Å². The van der Waals surface area contributed by atoms with Gasteiger partial charge in [-0.2, -0.15) is 5.10 Å². The Balaban J connectivity index is 1.38. The number of carbonyl (C=O) groups excluding carboxylic acids is 1. The van der Waals surface area contributed by atoms with Crippen LogP contribution < -0.4 is 24.8 Å². The van der Waals surface area contributed by atoms with Gasteiger partial charge in [0.15, 0.2) is 34.7 Å². The number of fused-ring (bicyclic) bond motifs is 2. The zero-order valence-electron chi connectivity index (χ0n) is 22.4. The number of nitrogens with one attached hydrogen (secondary N) is 4. The summed E-state index contributed by atoms with van der Waals surface area (Å²) in [6.07, 6.45) is 3.81. The van der Waals surface area contributed by atoms with Gasteiger partial charge in [-0.25, -0.2) is 13.8 Å². The minimum atomic E-state index is -0.744. The van der Waals surface area contributed by atoms with Gasteiger partial charge in [-0.05, 0) is 37.6 Å². The Morgan fingerprint density at radius 3 is 2.80 bits per heavy atom. The lowest BCUT2D eigenvalue weighted by molar-refractivity contribution is -0.116. The number of hydrogen-bond acceptors (Lipinski definition) is 7. The average Bonchev–Trinajstić information content (AvgIpc) is 3.71. The molecule has 4 heterocycles. The maximum absolute atomic E-state index is 15.5. The summed E-state index contributed by atoms with van der Waals surface area (Å²) in [7, 11) is 1.46. The topological polar surface area (TPSA) is 126 Å². The number of rotatable bonds is 5. The number of halogens is 2. The van der Waals surface area contributed by atoms with Gasteiger partial charge in [-0.3, -0.25) is 9.89 Å². The fourth-order valence-corrected chi connectivity index (χ4v) is 4.76. The number of H-pyrrole nitrogens is 2. The number of likely N-dealkylation sites (N-methyl/N-ethyl adjacent to an activating group) is 1. The molecule has 1 atom stereocenters. The van der Waals surface area contributed by atoms with Crippen LogP contribution in [0.4, 0.5) is 14.6 Å². The number of aromatic nitrogens is 3. The lowest BCUT2D eigenvalue weighted by atomic mass is 9.98. The Morgan fingerprint density at radius 2 is 1.98 bits per heavy atom. The van der Waals surface area contributed by atoms with Crippen LogP contribution in [0.2, 0.25) is 0 Å². The summed E-state index contributed by atoms with van der Waals surface area (Å²) in [4.78, 5) is 20.5. The molecule has 2 aromatic carbocycles. The lowest BCUT2D eigenvalue weighted by Crippen LogP contribution is -2.33. The third-order valence-corrected chi connectivity index (χ3v) is 6.81. The minimum Gasteiger partial charge on any atom is -0.457 e. The molecule has 2 aromatic heterocycles. The van der Waals surface area contributed by atoms with E-state index in [9.17, 15) is 9.18 Å². The highest BCUT2D eigenvalue weighted by atomic mass is 19.1. The quantitative estimate of drug-likeness (QED) is 0.262. The van der Waals surface area contributed by atoms with Crippen molar-refractivity contribution in [2.24, 2.45) is 10.9 Å². The van der Waals surface area contributed by atoms with Crippen molar-refractivity contribution in [1.29, 1.82) is 0 Å². The first-order valence-electron chi connectivity index (χ1n) is 12.9. The molecule has 6 rings (SSSR count). The van der Waals surface area contributed by atoms with E-state index in [4.69, 9.17) is 14.2 Å². The Labute approximate surface area is 233 Å². The van der Waals surface area contributed by atoms with Gasteiger partial charge in [-0.15, -0.1) is 0 Å². The number of aryl methyl sites for hydroxylation is 1. The summed E-state index contributed by atoms with van der Waals surface area (Å²) in [5.41, 5.74) is 2.16. The van der Waals surface area contributed by atoms with Crippen molar-refractivity contribution in [2.45, 2.75) is 20.3 Å². The van der Waals surface area contributed by atoms with Gasteiger partial charge in [0.2, 0.25) is 6.79 Å². The number of ether oxygens (including phenoxy) is 3. The SMILES string of the molecule is CNC(=O)C1=C(Oc2cc(F)c3[nH]c(C)cc3c2F)C(C)C/C=C/N=C1Nc1cc(-c2ccc3c(c2)OCO3)[nH]n1. The second kappa shape index (κ2) is 10.5. The summed E-state index contributed by atoms with van der Waals surface area (Å²) in [6.45, 7) is 3.69. The second-order valence-corrected chi connectivity index (χ2v) is 9.69. The van der Waals surface area contributed by atoms with Crippen LogP contribution in [0.25, 0.3) is 22.2 Å². The van der Waals surface area contributed by atoms with E-state index in [2.05, 4.69) is 30.8 Å². The fourth-order valence-electron chi connectivity index (χ4n) is 4.76. The molecule has 0 spiro atoms. The summed E-state index contributed by atoms with van der Waals surface area (Å²) >= 11 is 0. The van der Waals surface area contributed by atoms with Crippen LogP contribution in [0.1, 0.15) is 19.0 Å². The first kappa shape index (κ1) is 26.1. The summed E-state index contributed by atoms with van der Waals surface area (Å²) in [5, 5.41) is 13.0. The van der Waals surface area contributed by atoms with Gasteiger partial charge in [-0.1, -0.05) is 13.0 Å². The number of aliphatic imine (C=N–C) groups is 1. The highest BCUT2D eigenvalue weighted by Gasteiger charge is 2.29. The number of amidine groups is 1. The summed E-state index contributed by atoms with van der Waals surface area (Å²) < 4.78 is 47.3. The molecule has 0 saturated heterocycles. The molecule has 0 saturated carbocycles. The monoisotopic (exact) mass is 560 g/mol. The van der Waals surface area contributed by atoms with Gasteiger partial charge in [0.05, 0.1) is 11.2 Å². The van der Waals surface area contributed by atoms with Crippen molar-refractivity contribution < 1.29 is 27.8 Å². The molecule has 10 nitrogen and oxygen atoms in total. The molecule has 0 bridgehead atoms. The van der Waals surface area contributed by atoms with E-state index < -0.39 is 17.5 Å². The zero-order valence-corrected chi connectivity index (χ0v) is 22.4. The van der Waals surface area contributed by atoms with Gasteiger partial charge in [0.1, 0.15) is 17.2 Å². The molecule has 210 valence electrons. The van der Waals surface area contributed by atoms with Gasteiger partial charge < -0.3 is 29.8 Å². The highest BCUT2D eigenvalue weighted by molar-refractivity contribution is 6.25. The normalized spacial score (nSPS) is 17.2. The summed E-state index contributed by atoms with van der Waals surface area (Å²) in [6, 6.07) is 9.71. The number of nitrogens with zero attached hydrogens (tertiary/aromatic N) is 2. The van der Waals surface area contributed by atoms with Gasteiger partial charge in [0.25, 0.3) is 5.91 Å². The van der Waals surface area contributed by atoms with Crippen LogP contribution in [-0.2, 0) is 4.79 Å². The predicted molar refractivity (Wildman–Crippen MR) is 149 cm³/mol. The minimum absolute atomic E-state index is 0.0298. The molecule has 0 fully saturated rings. The van der Waals surface area contributed by atoms with Crippen molar-refractivity contribution in [3.8, 4) is 28.5 Å². The Morgan fingerprint density at radius 1 is 1.15 bits per heavy atom. The number of carbonyl (C=O) groups is 1. The van der Waals surface area contributed by atoms with Crippen molar-refractivity contribution in [3.05, 3.63) is 77.3 Å². The first-order valence-corrected chi connectivity index (χ1v) is 12.9. The van der Waals surface area contributed by atoms with Crippen LogP contribution in [0.5, 0.6) is 17.2 Å². The largest absolute Gasteiger partial charge is 0.457 e. The molecule has 0 aliphatic carbocycles. The van der Waals surface area contributed by atoms with Gasteiger partial charge in [0, 0.05) is 47.9 Å². The third-order valence-electron chi connectivity index (χ3n) is 6.81. The molecule has 2 aliphatic heterocycles. The average molecular weight is 561 g/mol. The number of aromatic amines is 2.